The Bertz CT molecular complexity index is 990. The van der Waals surface area contributed by atoms with Gasteiger partial charge in [0.25, 0.3) is 15.9 Å². The van der Waals surface area contributed by atoms with E-state index in [0.717, 1.165) is 11.1 Å². The van der Waals surface area contributed by atoms with Crippen LogP contribution in [-0.4, -0.2) is 33.6 Å². The molecule has 1 heterocycles. The molecular formula is C19H22N2O6S. The first-order valence-electron chi connectivity index (χ1n) is 8.72. The Morgan fingerprint density at radius 1 is 1.11 bits per heavy atom. The van der Waals surface area contributed by atoms with Crippen molar-refractivity contribution in [3.05, 3.63) is 47.5 Å². The predicted octanol–water partition coefficient (Wildman–Crippen LogP) is 1.85. The van der Waals surface area contributed by atoms with Gasteiger partial charge in [0.15, 0.2) is 17.6 Å². The molecule has 1 atom stereocenters. The zero-order valence-electron chi connectivity index (χ0n) is 15.8. The summed E-state index contributed by atoms with van der Waals surface area (Å²) in [5.41, 5.74) is 4.13. The predicted molar refractivity (Wildman–Crippen MR) is 102 cm³/mol. The molecule has 2 N–H and O–H groups in total. The van der Waals surface area contributed by atoms with Crippen LogP contribution in [-0.2, 0) is 14.8 Å². The van der Waals surface area contributed by atoms with Crippen LogP contribution >= 0.6 is 0 Å². The third kappa shape index (κ3) is 4.37. The fraction of sp³-hybridized carbons (Fsp3) is 0.316. The first-order chi connectivity index (χ1) is 13.3. The molecule has 8 nitrogen and oxygen atoms in total. The van der Waals surface area contributed by atoms with Gasteiger partial charge in [-0.1, -0.05) is 12.1 Å². The minimum absolute atomic E-state index is 0.0554. The second-order valence-electron chi connectivity index (χ2n) is 6.36. The van der Waals surface area contributed by atoms with Crippen molar-refractivity contribution < 1.29 is 27.4 Å². The van der Waals surface area contributed by atoms with Gasteiger partial charge in [0.1, 0.15) is 19.0 Å². The first kappa shape index (κ1) is 20.0. The number of ether oxygens (including phenoxy) is 3. The van der Waals surface area contributed by atoms with Gasteiger partial charge in [-0.3, -0.25) is 10.2 Å². The standard InChI is InChI=1S/C19H22N2O6S/c1-12-5-4-6-16(13(12)2)27-14(3)19(22)20-21-28(23,24)15-7-8-17-18(11-15)26-10-9-25-17/h4-8,11,14,21H,9-10H2,1-3H3,(H,20,22)/t14-/m0/s1. The number of carbonyl (C=O) groups excluding carboxylic acids is 1. The van der Waals surface area contributed by atoms with E-state index in [1.807, 2.05) is 26.0 Å². The number of rotatable bonds is 6. The van der Waals surface area contributed by atoms with Crippen LogP contribution in [0.1, 0.15) is 18.1 Å². The zero-order valence-corrected chi connectivity index (χ0v) is 16.6. The molecule has 0 saturated heterocycles. The lowest BCUT2D eigenvalue weighted by atomic mass is 10.1. The highest BCUT2D eigenvalue weighted by molar-refractivity contribution is 7.89. The number of amides is 1. The molecule has 0 bridgehead atoms. The molecule has 150 valence electrons. The molecule has 1 aliphatic rings. The monoisotopic (exact) mass is 406 g/mol. The molecule has 0 spiro atoms. The van der Waals surface area contributed by atoms with E-state index in [1.54, 1.807) is 6.07 Å². The van der Waals surface area contributed by atoms with E-state index in [2.05, 4.69) is 10.3 Å². The van der Waals surface area contributed by atoms with Gasteiger partial charge in [0, 0.05) is 6.07 Å². The fourth-order valence-electron chi connectivity index (χ4n) is 2.56. The van der Waals surface area contributed by atoms with E-state index < -0.39 is 22.0 Å². The Morgan fingerprint density at radius 3 is 2.57 bits per heavy atom. The third-order valence-electron chi connectivity index (χ3n) is 4.36. The lowest BCUT2D eigenvalue weighted by Crippen LogP contribution is -2.47. The number of hydrogen-bond donors (Lipinski definition) is 2. The van der Waals surface area contributed by atoms with Gasteiger partial charge >= 0.3 is 0 Å². The minimum atomic E-state index is -3.98. The number of hydrazine groups is 1. The largest absolute Gasteiger partial charge is 0.486 e. The second-order valence-corrected chi connectivity index (χ2v) is 8.04. The SMILES string of the molecule is Cc1cccc(O[C@@H](C)C(=O)NNS(=O)(=O)c2ccc3c(c2)OCCO3)c1C. The van der Waals surface area contributed by atoms with Crippen LogP contribution in [0.4, 0.5) is 0 Å². The normalized spacial score (nSPS) is 14.2. The van der Waals surface area contributed by atoms with Gasteiger partial charge in [0.05, 0.1) is 4.90 Å². The second kappa shape index (κ2) is 8.07. The van der Waals surface area contributed by atoms with Crippen molar-refractivity contribution in [1.29, 1.82) is 0 Å². The summed E-state index contributed by atoms with van der Waals surface area (Å²) in [6, 6.07) is 9.75. The average molecular weight is 406 g/mol. The highest BCUT2D eigenvalue weighted by atomic mass is 32.2. The summed E-state index contributed by atoms with van der Waals surface area (Å²) in [7, 11) is -3.98. The molecule has 0 aromatic heterocycles. The summed E-state index contributed by atoms with van der Waals surface area (Å²) in [5.74, 6) is 0.760. The summed E-state index contributed by atoms with van der Waals surface area (Å²) in [6.07, 6.45) is -0.900. The molecule has 2 aromatic carbocycles. The lowest BCUT2D eigenvalue weighted by molar-refractivity contribution is -0.127. The van der Waals surface area contributed by atoms with E-state index in [4.69, 9.17) is 14.2 Å². The quantitative estimate of drug-likeness (QED) is 0.710. The van der Waals surface area contributed by atoms with E-state index in [0.29, 0.717) is 30.5 Å². The van der Waals surface area contributed by atoms with Crippen LogP contribution in [0, 0.1) is 13.8 Å². The summed E-state index contributed by atoms with van der Waals surface area (Å²) >= 11 is 0. The Labute approximate surface area is 163 Å². The Hall–Kier alpha value is -2.78. The van der Waals surface area contributed by atoms with Gasteiger partial charge in [-0.05, 0) is 50.1 Å². The maximum Gasteiger partial charge on any atom is 0.275 e. The molecule has 0 saturated carbocycles. The minimum Gasteiger partial charge on any atom is -0.486 e. The highest BCUT2D eigenvalue weighted by Crippen LogP contribution is 2.32. The van der Waals surface area contributed by atoms with Gasteiger partial charge in [0.2, 0.25) is 0 Å². The number of benzene rings is 2. The highest BCUT2D eigenvalue weighted by Gasteiger charge is 2.22. The maximum absolute atomic E-state index is 12.4. The van der Waals surface area contributed by atoms with Crippen molar-refractivity contribution in [1.82, 2.24) is 10.3 Å². The molecule has 1 aliphatic heterocycles. The summed E-state index contributed by atoms with van der Waals surface area (Å²) in [6.45, 7) is 6.11. The van der Waals surface area contributed by atoms with Gasteiger partial charge in [-0.25, -0.2) is 8.42 Å². The van der Waals surface area contributed by atoms with E-state index in [-0.39, 0.29) is 4.90 Å². The molecule has 9 heteroatoms. The summed E-state index contributed by atoms with van der Waals surface area (Å²) in [5, 5.41) is 0. The van der Waals surface area contributed by atoms with Gasteiger partial charge in [-0.2, -0.15) is 0 Å². The molecule has 28 heavy (non-hydrogen) atoms. The first-order valence-corrected chi connectivity index (χ1v) is 10.2. The summed E-state index contributed by atoms with van der Waals surface area (Å²) in [4.78, 5) is 14.3. The molecule has 3 rings (SSSR count). The number of carbonyl (C=O) groups is 1. The van der Waals surface area contributed by atoms with Crippen LogP contribution in [0.2, 0.25) is 0 Å². The molecule has 1 amide bonds. The Kier molecular flexibility index (Phi) is 5.76. The molecule has 0 unspecified atom stereocenters. The zero-order chi connectivity index (χ0) is 20.3. The van der Waals surface area contributed by atoms with Crippen molar-refractivity contribution in [2.45, 2.75) is 31.8 Å². The maximum atomic E-state index is 12.4. The van der Waals surface area contributed by atoms with Crippen molar-refractivity contribution in [3.63, 3.8) is 0 Å². The molecule has 0 aliphatic carbocycles. The number of nitrogens with one attached hydrogen (secondary N) is 2. The Morgan fingerprint density at radius 2 is 1.82 bits per heavy atom. The number of hydrogen-bond acceptors (Lipinski definition) is 6. The van der Waals surface area contributed by atoms with Crippen LogP contribution in [0.25, 0.3) is 0 Å². The number of fused-ring (bicyclic) bond motifs is 1. The van der Waals surface area contributed by atoms with Gasteiger partial charge < -0.3 is 14.2 Å². The van der Waals surface area contributed by atoms with E-state index in [1.165, 1.54) is 25.1 Å². The van der Waals surface area contributed by atoms with Crippen LogP contribution in [0.15, 0.2) is 41.3 Å². The molecule has 0 fully saturated rings. The molecular weight excluding hydrogens is 384 g/mol. The average Bonchev–Trinajstić information content (AvgIpc) is 2.69. The van der Waals surface area contributed by atoms with Crippen molar-refractivity contribution in [3.8, 4) is 17.2 Å². The van der Waals surface area contributed by atoms with E-state index in [9.17, 15) is 13.2 Å². The topological polar surface area (TPSA) is 103 Å². The molecule has 2 aromatic rings. The van der Waals surface area contributed by atoms with Crippen molar-refractivity contribution >= 4 is 15.9 Å². The summed E-state index contributed by atoms with van der Waals surface area (Å²) < 4.78 is 41.3. The van der Waals surface area contributed by atoms with Crippen LogP contribution in [0.5, 0.6) is 17.2 Å². The molecule has 0 radical (unpaired) electrons. The lowest BCUT2D eigenvalue weighted by Gasteiger charge is -2.19. The van der Waals surface area contributed by atoms with Gasteiger partial charge in [-0.15, -0.1) is 4.83 Å². The third-order valence-corrected chi connectivity index (χ3v) is 5.61. The number of sulfonamides is 1. The smallest absolute Gasteiger partial charge is 0.275 e. The fourth-order valence-corrected chi connectivity index (χ4v) is 3.43. The Balaban J connectivity index is 1.63. The van der Waals surface area contributed by atoms with E-state index >= 15 is 0 Å². The van der Waals surface area contributed by atoms with Crippen LogP contribution in [0.3, 0.4) is 0 Å². The van der Waals surface area contributed by atoms with Crippen molar-refractivity contribution in [2.75, 3.05) is 13.2 Å². The van der Waals surface area contributed by atoms with Crippen molar-refractivity contribution in [2.24, 2.45) is 0 Å². The number of aryl methyl sites for hydroxylation is 1. The van der Waals surface area contributed by atoms with Crippen LogP contribution < -0.4 is 24.5 Å².